The molecule has 1 heterocycles. The van der Waals surface area contributed by atoms with Crippen LogP contribution in [0.1, 0.15) is 32.3 Å². The molecular formula is C16H24BrNO3. The maximum atomic E-state index is 9.97. The normalized spacial score (nSPS) is 23.2. The van der Waals surface area contributed by atoms with Crippen LogP contribution in [0, 0.1) is 0 Å². The van der Waals surface area contributed by atoms with E-state index in [9.17, 15) is 5.11 Å². The minimum absolute atomic E-state index is 0.0604. The summed E-state index contributed by atoms with van der Waals surface area (Å²) in [5.41, 5.74) is 1.07. The lowest BCUT2D eigenvalue weighted by molar-refractivity contribution is -0.0527. The molecular weight excluding hydrogens is 334 g/mol. The van der Waals surface area contributed by atoms with Gasteiger partial charge in [0, 0.05) is 20.2 Å². The molecule has 1 fully saturated rings. The summed E-state index contributed by atoms with van der Waals surface area (Å²) in [6, 6.07) is 3.87. The van der Waals surface area contributed by atoms with Gasteiger partial charge in [-0.3, -0.25) is 4.90 Å². The number of hydrogen-bond donors (Lipinski definition) is 1. The number of rotatable bonds is 5. The largest absolute Gasteiger partial charge is 0.503 e. The summed E-state index contributed by atoms with van der Waals surface area (Å²) in [7, 11) is 1.79. The van der Waals surface area contributed by atoms with E-state index < -0.39 is 0 Å². The minimum atomic E-state index is -0.0604. The van der Waals surface area contributed by atoms with Crippen molar-refractivity contribution in [1.82, 2.24) is 4.90 Å². The van der Waals surface area contributed by atoms with Gasteiger partial charge in [-0.15, -0.1) is 0 Å². The van der Waals surface area contributed by atoms with Gasteiger partial charge in [-0.2, -0.15) is 0 Å². The van der Waals surface area contributed by atoms with E-state index in [1.807, 2.05) is 19.1 Å². The Morgan fingerprint density at radius 2 is 2.19 bits per heavy atom. The smallest absolute Gasteiger partial charge is 0.172 e. The zero-order valence-corrected chi connectivity index (χ0v) is 14.6. The van der Waals surface area contributed by atoms with E-state index in [0.29, 0.717) is 16.8 Å². The summed E-state index contributed by atoms with van der Waals surface area (Å²) < 4.78 is 11.8. The average molecular weight is 358 g/mol. The number of benzene rings is 1. The van der Waals surface area contributed by atoms with Gasteiger partial charge in [-0.05, 0) is 66.9 Å². The quantitative estimate of drug-likeness (QED) is 0.874. The number of hydrogen-bond acceptors (Lipinski definition) is 4. The number of aromatic hydroxyl groups is 1. The molecule has 0 amide bonds. The topological polar surface area (TPSA) is 41.9 Å². The molecule has 118 valence electrons. The van der Waals surface area contributed by atoms with Crippen LogP contribution in [0.3, 0.4) is 0 Å². The van der Waals surface area contributed by atoms with Gasteiger partial charge in [0.05, 0.1) is 16.7 Å². The van der Waals surface area contributed by atoms with Crippen molar-refractivity contribution in [1.29, 1.82) is 0 Å². The van der Waals surface area contributed by atoms with Crippen molar-refractivity contribution in [2.24, 2.45) is 0 Å². The number of nitrogens with zero attached hydrogens (tertiary/aromatic N) is 1. The molecule has 1 aromatic rings. The molecule has 21 heavy (non-hydrogen) atoms. The van der Waals surface area contributed by atoms with Crippen molar-refractivity contribution < 1.29 is 14.6 Å². The molecule has 1 N–H and O–H groups in total. The monoisotopic (exact) mass is 357 g/mol. The predicted octanol–water partition coefficient (Wildman–Crippen LogP) is 3.55. The van der Waals surface area contributed by atoms with Crippen LogP contribution in [-0.2, 0) is 11.3 Å². The van der Waals surface area contributed by atoms with Crippen molar-refractivity contribution in [2.45, 2.75) is 38.8 Å². The van der Waals surface area contributed by atoms with Gasteiger partial charge >= 0.3 is 0 Å². The summed E-state index contributed by atoms with van der Waals surface area (Å²) >= 11 is 3.39. The molecule has 5 heteroatoms. The molecule has 1 saturated heterocycles. The van der Waals surface area contributed by atoms with E-state index in [0.717, 1.165) is 38.0 Å². The van der Waals surface area contributed by atoms with Gasteiger partial charge in [-0.25, -0.2) is 0 Å². The van der Waals surface area contributed by atoms with Crippen LogP contribution >= 0.6 is 15.9 Å². The molecule has 0 radical (unpaired) electrons. The molecule has 0 spiro atoms. The van der Waals surface area contributed by atoms with E-state index in [1.54, 1.807) is 7.11 Å². The maximum Gasteiger partial charge on any atom is 0.172 e. The van der Waals surface area contributed by atoms with Gasteiger partial charge in [0.2, 0.25) is 0 Å². The SMILES string of the molecule is CCOc1cc(CN2CCCC(C)(OC)C2)cc(Br)c1O. The van der Waals surface area contributed by atoms with Crippen LogP contribution in [0.5, 0.6) is 11.5 Å². The third-order valence-electron chi connectivity index (χ3n) is 4.03. The number of halogens is 1. The molecule has 1 aliphatic heterocycles. The van der Waals surface area contributed by atoms with Crippen LogP contribution in [-0.4, -0.2) is 42.4 Å². The Labute approximate surface area is 135 Å². The molecule has 0 aromatic heterocycles. The predicted molar refractivity (Wildman–Crippen MR) is 86.9 cm³/mol. The van der Waals surface area contributed by atoms with Gasteiger partial charge in [0.15, 0.2) is 11.5 Å². The molecule has 2 rings (SSSR count). The molecule has 4 nitrogen and oxygen atoms in total. The van der Waals surface area contributed by atoms with Crippen molar-refractivity contribution in [3.63, 3.8) is 0 Å². The Morgan fingerprint density at radius 3 is 2.86 bits per heavy atom. The lowest BCUT2D eigenvalue weighted by atomic mass is 9.94. The summed E-state index contributed by atoms with van der Waals surface area (Å²) in [5, 5.41) is 9.97. The molecule has 1 aliphatic rings. The fraction of sp³-hybridized carbons (Fsp3) is 0.625. The highest BCUT2D eigenvalue weighted by molar-refractivity contribution is 9.10. The van der Waals surface area contributed by atoms with Gasteiger partial charge in [0.1, 0.15) is 0 Å². The van der Waals surface area contributed by atoms with Gasteiger partial charge in [0.25, 0.3) is 0 Å². The summed E-state index contributed by atoms with van der Waals surface area (Å²) in [6.45, 7) is 7.44. The van der Waals surface area contributed by atoms with Crippen LogP contribution in [0.2, 0.25) is 0 Å². The zero-order chi connectivity index (χ0) is 15.5. The van der Waals surface area contributed by atoms with Crippen molar-refractivity contribution in [2.75, 3.05) is 26.8 Å². The lowest BCUT2D eigenvalue weighted by Crippen LogP contribution is -2.46. The molecule has 0 saturated carbocycles. The van der Waals surface area contributed by atoms with Crippen molar-refractivity contribution >= 4 is 15.9 Å². The number of phenolic OH excluding ortho intramolecular Hbond substituents is 1. The number of likely N-dealkylation sites (tertiary alicyclic amines) is 1. The standard InChI is InChI=1S/C16H24BrNO3/c1-4-21-14-9-12(8-13(17)15(14)19)10-18-7-5-6-16(2,11-18)20-3/h8-9,19H,4-7,10-11H2,1-3H3. The number of phenols is 1. The highest BCUT2D eigenvalue weighted by Gasteiger charge is 2.30. The van der Waals surface area contributed by atoms with Crippen LogP contribution in [0.25, 0.3) is 0 Å². The third kappa shape index (κ3) is 4.11. The first kappa shape index (κ1) is 16.6. The molecule has 1 atom stereocenters. The Morgan fingerprint density at radius 1 is 1.43 bits per heavy atom. The van der Waals surface area contributed by atoms with E-state index in [-0.39, 0.29) is 11.4 Å². The molecule has 0 aliphatic carbocycles. The van der Waals surface area contributed by atoms with E-state index >= 15 is 0 Å². The lowest BCUT2D eigenvalue weighted by Gasteiger charge is -2.39. The maximum absolute atomic E-state index is 9.97. The summed E-state index contributed by atoms with van der Waals surface area (Å²) in [6.07, 6.45) is 2.24. The molecule has 1 unspecified atom stereocenters. The molecule has 0 bridgehead atoms. The minimum Gasteiger partial charge on any atom is -0.503 e. The summed E-state index contributed by atoms with van der Waals surface area (Å²) in [4.78, 5) is 2.39. The number of ether oxygens (including phenoxy) is 2. The van der Waals surface area contributed by atoms with Crippen LogP contribution < -0.4 is 4.74 Å². The van der Waals surface area contributed by atoms with Crippen molar-refractivity contribution in [3.05, 3.63) is 22.2 Å². The van der Waals surface area contributed by atoms with Crippen LogP contribution in [0.15, 0.2) is 16.6 Å². The average Bonchev–Trinajstić information content (AvgIpc) is 2.44. The Balaban J connectivity index is 2.12. The first-order valence-electron chi connectivity index (χ1n) is 7.39. The third-order valence-corrected chi connectivity index (χ3v) is 4.63. The zero-order valence-electron chi connectivity index (χ0n) is 13.0. The fourth-order valence-corrected chi connectivity index (χ4v) is 3.34. The number of methoxy groups -OCH3 is 1. The van der Waals surface area contributed by atoms with E-state index in [2.05, 4.69) is 27.8 Å². The highest BCUT2D eigenvalue weighted by atomic mass is 79.9. The fourth-order valence-electron chi connectivity index (χ4n) is 2.85. The second kappa shape index (κ2) is 6.99. The van der Waals surface area contributed by atoms with Gasteiger partial charge in [-0.1, -0.05) is 0 Å². The summed E-state index contributed by atoms with van der Waals surface area (Å²) in [5.74, 6) is 0.703. The Hall–Kier alpha value is -0.780. The Kier molecular flexibility index (Phi) is 5.52. The Bertz CT molecular complexity index is 495. The second-order valence-corrected chi connectivity index (χ2v) is 6.68. The highest BCUT2D eigenvalue weighted by Crippen LogP contribution is 2.36. The van der Waals surface area contributed by atoms with E-state index in [4.69, 9.17) is 9.47 Å². The van der Waals surface area contributed by atoms with Gasteiger partial charge < -0.3 is 14.6 Å². The van der Waals surface area contributed by atoms with E-state index in [1.165, 1.54) is 0 Å². The molecule has 1 aromatic carbocycles. The first-order chi connectivity index (χ1) is 9.97. The second-order valence-electron chi connectivity index (χ2n) is 5.83. The first-order valence-corrected chi connectivity index (χ1v) is 8.18. The number of piperidine rings is 1. The van der Waals surface area contributed by atoms with Crippen molar-refractivity contribution in [3.8, 4) is 11.5 Å². The van der Waals surface area contributed by atoms with Crippen LogP contribution in [0.4, 0.5) is 0 Å².